The molecule has 0 atom stereocenters. The number of ether oxygens (including phenoxy) is 1. The van der Waals surface area contributed by atoms with Crippen LogP contribution in [0.25, 0.3) is 10.8 Å². The standard InChI is InChI=1S/C15H12O2/c1-3-11-5-6-13-10-14(15(16)17-4-2)8-7-12(13)9-11/h1,5-10H,4H2,2H3. The number of benzene rings is 2. The van der Waals surface area contributed by atoms with Crippen LogP contribution in [0.3, 0.4) is 0 Å². The predicted octanol–water partition coefficient (Wildman–Crippen LogP) is 3.00. The molecule has 0 amide bonds. The molecule has 0 aliphatic carbocycles. The topological polar surface area (TPSA) is 26.3 Å². The van der Waals surface area contributed by atoms with Crippen LogP contribution in [0.15, 0.2) is 36.4 Å². The molecule has 0 aromatic heterocycles. The Hall–Kier alpha value is -2.27. The molecule has 0 saturated carbocycles. The SMILES string of the molecule is C#Cc1ccc2cc(C(=O)OCC)ccc2c1. The second kappa shape index (κ2) is 4.71. The molecule has 2 rings (SSSR count). The zero-order valence-electron chi connectivity index (χ0n) is 9.57. The Morgan fingerprint density at radius 2 is 1.94 bits per heavy atom. The van der Waals surface area contributed by atoms with E-state index in [1.165, 1.54) is 0 Å². The predicted molar refractivity (Wildman–Crippen MR) is 67.8 cm³/mol. The molecule has 0 bridgehead atoms. The van der Waals surface area contributed by atoms with Gasteiger partial charge in [-0.3, -0.25) is 0 Å². The summed E-state index contributed by atoms with van der Waals surface area (Å²) in [5.41, 5.74) is 1.40. The number of esters is 1. The lowest BCUT2D eigenvalue weighted by molar-refractivity contribution is 0.0526. The fourth-order valence-electron chi connectivity index (χ4n) is 1.68. The summed E-state index contributed by atoms with van der Waals surface area (Å²) in [4.78, 5) is 11.6. The number of carbonyl (C=O) groups excluding carboxylic acids is 1. The molecule has 2 aromatic rings. The summed E-state index contributed by atoms with van der Waals surface area (Å²) >= 11 is 0. The summed E-state index contributed by atoms with van der Waals surface area (Å²) in [6.07, 6.45) is 5.33. The molecule has 0 N–H and O–H groups in total. The van der Waals surface area contributed by atoms with E-state index in [0.29, 0.717) is 12.2 Å². The maximum atomic E-state index is 11.6. The maximum Gasteiger partial charge on any atom is 0.338 e. The summed E-state index contributed by atoms with van der Waals surface area (Å²) in [6.45, 7) is 2.17. The van der Waals surface area contributed by atoms with Crippen molar-refractivity contribution in [2.24, 2.45) is 0 Å². The Kier molecular flexibility index (Phi) is 3.11. The molecule has 2 nitrogen and oxygen atoms in total. The van der Waals surface area contributed by atoms with Crippen LogP contribution >= 0.6 is 0 Å². The first-order chi connectivity index (χ1) is 8.24. The van der Waals surface area contributed by atoms with Crippen molar-refractivity contribution in [3.05, 3.63) is 47.5 Å². The van der Waals surface area contributed by atoms with E-state index in [1.54, 1.807) is 13.0 Å². The zero-order valence-corrected chi connectivity index (χ0v) is 9.57. The van der Waals surface area contributed by atoms with E-state index < -0.39 is 0 Å². The Labute approximate surface area is 100 Å². The highest BCUT2D eigenvalue weighted by Gasteiger charge is 2.06. The van der Waals surface area contributed by atoms with Gasteiger partial charge in [-0.15, -0.1) is 6.42 Å². The smallest absolute Gasteiger partial charge is 0.338 e. The van der Waals surface area contributed by atoms with Crippen LogP contribution in [0.2, 0.25) is 0 Å². The first-order valence-electron chi connectivity index (χ1n) is 5.42. The molecule has 17 heavy (non-hydrogen) atoms. The lowest BCUT2D eigenvalue weighted by Gasteiger charge is -2.04. The lowest BCUT2D eigenvalue weighted by atomic mass is 10.0. The molecule has 0 aliphatic rings. The maximum absolute atomic E-state index is 11.6. The third kappa shape index (κ3) is 2.29. The number of hydrogen-bond acceptors (Lipinski definition) is 2. The Morgan fingerprint density at radius 1 is 1.24 bits per heavy atom. The van der Waals surface area contributed by atoms with Crippen LogP contribution in [-0.2, 0) is 4.74 Å². The van der Waals surface area contributed by atoms with E-state index in [1.807, 2.05) is 30.3 Å². The Morgan fingerprint density at radius 3 is 2.65 bits per heavy atom. The molecule has 0 heterocycles. The largest absolute Gasteiger partial charge is 0.462 e. The summed E-state index contributed by atoms with van der Waals surface area (Å²) in [7, 11) is 0. The molecule has 0 saturated heterocycles. The van der Waals surface area contributed by atoms with E-state index in [9.17, 15) is 4.79 Å². The molecular weight excluding hydrogens is 212 g/mol. The van der Waals surface area contributed by atoms with Crippen molar-refractivity contribution < 1.29 is 9.53 Å². The molecule has 2 heteroatoms. The fourth-order valence-corrected chi connectivity index (χ4v) is 1.68. The number of carbonyl (C=O) groups is 1. The second-order valence-corrected chi connectivity index (χ2v) is 3.64. The van der Waals surface area contributed by atoms with Gasteiger partial charge in [-0.25, -0.2) is 4.79 Å². The second-order valence-electron chi connectivity index (χ2n) is 3.64. The highest BCUT2D eigenvalue weighted by Crippen LogP contribution is 2.18. The van der Waals surface area contributed by atoms with Crippen LogP contribution in [0.4, 0.5) is 0 Å². The van der Waals surface area contributed by atoms with Gasteiger partial charge < -0.3 is 4.74 Å². The third-order valence-electron chi connectivity index (χ3n) is 2.52. The van der Waals surface area contributed by atoms with Gasteiger partial charge in [-0.2, -0.15) is 0 Å². The van der Waals surface area contributed by atoms with Crippen molar-refractivity contribution in [1.29, 1.82) is 0 Å². The average Bonchev–Trinajstić information content (AvgIpc) is 2.37. The quantitative estimate of drug-likeness (QED) is 0.579. The number of fused-ring (bicyclic) bond motifs is 1. The van der Waals surface area contributed by atoms with Gasteiger partial charge in [0.05, 0.1) is 12.2 Å². The molecule has 0 unspecified atom stereocenters. The summed E-state index contributed by atoms with van der Waals surface area (Å²) in [6, 6.07) is 11.1. The van der Waals surface area contributed by atoms with E-state index in [0.717, 1.165) is 16.3 Å². The van der Waals surface area contributed by atoms with Crippen molar-refractivity contribution in [2.45, 2.75) is 6.92 Å². The van der Waals surface area contributed by atoms with Crippen LogP contribution in [-0.4, -0.2) is 12.6 Å². The van der Waals surface area contributed by atoms with Gasteiger partial charge >= 0.3 is 5.97 Å². The van der Waals surface area contributed by atoms with Gasteiger partial charge in [0.1, 0.15) is 0 Å². The lowest BCUT2D eigenvalue weighted by Crippen LogP contribution is -2.04. The van der Waals surface area contributed by atoms with E-state index in [-0.39, 0.29) is 5.97 Å². The van der Waals surface area contributed by atoms with Crippen molar-refractivity contribution in [3.63, 3.8) is 0 Å². The van der Waals surface area contributed by atoms with Gasteiger partial charge in [0, 0.05) is 5.56 Å². The Balaban J connectivity index is 2.45. The van der Waals surface area contributed by atoms with Gasteiger partial charge in [0.2, 0.25) is 0 Å². The highest BCUT2D eigenvalue weighted by molar-refractivity contribution is 5.95. The summed E-state index contributed by atoms with van der Waals surface area (Å²) in [5, 5.41) is 2.00. The van der Waals surface area contributed by atoms with Crippen LogP contribution < -0.4 is 0 Å². The molecule has 0 aliphatic heterocycles. The third-order valence-corrected chi connectivity index (χ3v) is 2.52. The van der Waals surface area contributed by atoms with Crippen molar-refractivity contribution >= 4 is 16.7 Å². The van der Waals surface area contributed by atoms with E-state index >= 15 is 0 Å². The minimum absolute atomic E-state index is 0.296. The van der Waals surface area contributed by atoms with Gasteiger partial charge in [0.25, 0.3) is 0 Å². The minimum atomic E-state index is -0.296. The first kappa shape index (κ1) is 11.2. The average molecular weight is 224 g/mol. The molecule has 84 valence electrons. The molecule has 0 fully saturated rings. The van der Waals surface area contributed by atoms with Gasteiger partial charge in [0.15, 0.2) is 0 Å². The molecule has 0 spiro atoms. The summed E-state index contributed by atoms with van der Waals surface area (Å²) in [5.74, 6) is 2.29. The first-order valence-corrected chi connectivity index (χ1v) is 5.42. The fraction of sp³-hybridized carbons (Fsp3) is 0.133. The minimum Gasteiger partial charge on any atom is -0.462 e. The van der Waals surface area contributed by atoms with Crippen molar-refractivity contribution in [3.8, 4) is 12.3 Å². The molecular formula is C15H12O2. The number of hydrogen-bond donors (Lipinski definition) is 0. The zero-order chi connectivity index (χ0) is 12.3. The normalized spacial score (nSPS) is 9.88. The highest BCUT2D eigenvalue weighted by atomic mass is 16.5. The Bertz CT molecular complexity index is 606. The van der Waals surface area contributed by atoms with Crippen LogP contribution in [0, 0.1) is 12.3 Å². The molecule has 0 radical (unpaired) electrons. The summed E-state index contributed by atoms with van der Waals surface area (Å²) < 4.78 is 4.95. The van der Waals surface area contributed by atoms with Gasteiger partial charge in [-0.1, -0.05) is 18.1 Å². The monoisotopic (exact) mass is 224 g/mol. The number of terminal acetylenes is 1. The van der Waals surface area contributed by atoms with Crippen LogP contribution in [0.1, 0.15) is 22.8 Å². The number of rotatable bonds is 2. The van der Waals surface area contributed by atoms with Gasteiger partial charge in [-0.05, 0) is 42.0 Å². The van der Waals surface area contributed by atoms with E-state index in [4.69, 9.17) is 11.2 Å². The molecule has 2 aromatic carbocycles. The van der Waals surface area contributed by atoms with E-state index in [2.05, 4.69) is 5.92 Å². The van der Waals surface area contributed by atoms with Crippen molar-refractivity contribution in [2.75, 3.05) is 6.61 Å². The van der Waals surface area contributed by atoms with Crippen LogP contribution in [0.5, 0.6) is 0 Å². The van der Waals surface area contributed by atoms with Crippen molar-refractivity contribution in [1.82, 2.24) is 0 Å².